The highest BCUT2D eigenvalue weighted by atomic mass is 14.0. The van der Waals surface area contributed by atoms with Crippen LogP contribution in [0, 0.1) is 5.92 Å². The molecule has 0 N–H and O–H groups in total. The van der Waals surface area contributed by atoms with E-state index in [0.717, 1.165) is 0 Å². The maximum absolute atomic E-state index is 5.44. The number of hydrogen-bond acceptors (Lipinski definition) is 0. The molecule has 0 bridgehead atoms. The van der Waals surface area contributed by atoms with Crippen LogP contribution < -0.4 is 0 Å². The van der Waals surface area contributed by atoms with E-state index in [9.17, 15) is 0 Å². The molecule has 0 spiro atoms. The van der Waals surface area contributed by atoms with Gasteiger partial charge in [0.15, 0.2) is 0 Å². The Balaban J connectivity index is -0.000000125. The third-order valence-corrected chi connectivity index (χ3v) is 1.05. The van der Waals surface area contributed by atoms with Crippen molar-refractivity contribution in [1.29, 1.82) is 0 Å². The monoisotopic (exact) mass is 114 g/mol. The Morgan fingerprint density at radius 1 is 1.00 bits per heavy atom. The summed E-state index contributed by atoms with van der Waals surface area (Å²) in [7, 11) is 5.44. The largest absolute Gasteiger partial charge is 0.0779 e. The fourth-order valence-electron chi connectivity index (χ4n) is 0. The molecule has 0 rings (SSSR count). The van der Waals surface area contributed by atoms with Gasteiger partial charge in [-0.15, -0.1) is 0 Å². The standard InChI is InChI=1S/C5H11B.2CH4/c1-4(2)5(3)6;;/h4-5H,1-3H3;2*1H4. The molecule has 1 unspecified atom stereocenters. The molecule has 2 radical (unpaired) electrons. The minimum atomic E-state index is 0. The van der Waals surface area contributed by atoms with Crippen molar-refractivity contribution in [3.05, 3.63) is 0 Å². The lowest BCUT2D eigenvalue weighted by Gasteiger charge is -2.05. The lowest BCUT2D eigenvalue weighted by molar-refractivity contribution is 0.625. The molecule has 0 saturated carbocycles. The summed E-state index contributed by atoms with van der Waals surface area (Å²) >= 11 is 0. The van der Waals surface area contributed by atoms with Crippen LogP contribution in [0.4, 0.5) is 0 Å². The predicted octanol–water partition coefficient (Wildman–Crippen LogP) is 2.89. The molecule has 0 nitrogen and oxygen atoms in total. The van der Waals surface area contributed by atoms with Crippen LogP contribution >= 0.6 is 0 Å². The highest BCUT2D eigenvalue weighted by molar-refractivity contribution is 6.11. The molecule has 8 heavy (non-hydrogen) atoms. The van der Waals surface area contributed by atoms with Crippen molar-refractivity contribution in [1.82, 2.24) is 0 Å². The summed E-state index contributed by atoms with van der Waals surface area (Å²) in [5.74, 6) is 0.981. The van der Waals surface area contributed by atoms with E-state index in [0.29, 0.717) is 11.7 Å². The first kappa shape index (κ1) is 15.7. The van der Waals surface area contributed by atoms with Gasteiger partial charge in [0, 0.05) is 0 Å². The quantitative estimate of drug-likeness (QED) is 0.459. The van der Waals surface area contributed by atoms with Crippen molar-refractivity contribution in [2.24, 2.45) is 5.92 Å². The van der Waals surface area contributed by atoms with Gasteiger partial charge in [0.1, 0.15) is 0 Å². The molecule has 0 saturated heterocycles. The van der Waals surface area contributed by atoms with Crippen molar-refractivity contribution in [2.75, 3.05) is 0 Å². The molecule has 0 aromatic heterocycles. The molecular weight excluding hydrogens is 94.9 g/mol. The maximum atomic E-state index is 5.44. The summed E-state index contributed by atoms with van der Waals surface area (Å²) in [6, 6.07) is 0. The molecular formula is C7H19B. The Hall–Kier alpha value is 0.0649. The van der Waals surface area contributed by atoms with Gasteiger partial charge in [-0.1, -0.05) is 47.4 Å². The first-order chi connectivity index (χ1) is 2.64. The fourth-order valence-corrected chi connectivity index (χ4v) is 0. The predicted molar refractivity (Wildman–Crippen MR) is 43.5 cm³/mol. The summed E-state index contributed by atoms with van der Waals surface area (Å²) in [6.07, 6.45) is 0. The van der Waals surface area contributed by atoms with E-state index < -0.39 is 0 Å². The van der Waals surface area contributed by atoms with Crippen LogP contribution in [0.5, 0.6) is 0 Å². The van der Waals surface area contributed by atoms with E-state index >= 15 is 0 Å². The second-order valence-electron chi connectivity index (χ2n) is 2.10. The molecule has 0 aromatic carbocycles. The summed E-state index contributed by atoms with van der Waals surface area (Å²) < 4.78 is 0. The van der Waals surface area contributed by atoms with Crippen LogP contribution in [-0.2, 0) is 0 Å². The Kier molecular flexibility index (Phi) is 13.9. The average molecular weight is 114 g/mol. The van der Waals surface area contributed by atoms with Gasteiger partial charge >= 0.3 is 0 Å². The molecule has 0 aliphatic heterocycles. The van der Waals surface area contributed by atoms with E-state index in [2.05, 4.69) is 13.8 Å². The zero-order valence-corrected chi connectivity index (χ0v) is 4.73. The maximum Gasteiger partial charge on any atom is 0.0699 e. The van der Waals surface area contributed by atoms with Gasteiger partial charge in [0.2, 0.25) is 0 Å². The van der Waals surface area contributed by atoms with Gasteiger partial charge in [-0.3, -0.25) is 0 Å². The molecule has 0 fully saturated rings. The van der Waals surface area contributed by atoms with Crippen molar-refractivity contribution in [3.8, 4) is 0 Å². The zero-order valence-electron chi connectivity index (χ0n) is 4.73. The molecule has 0 aliphatic rings. The van der Waals surface area contributed by atoms with E-state index in [4.69, 9.17) is 7.85 Å². The van der Waals surface area contributed by atoms with Crippen molar-refractivity contribution < 1.29 is 0 Å². The molecule has 1 heteroatoms. The molecule has 0 amide bonds. The Morgan fingerprint density at radius 2 is 1.12 bits per heavy atom. The number of hydrogen-bond donors (Lipinski definition) is 0. The number of rotatable bonds is 1. The second-order valence-corrected chi connectivity index (χ2v) is 2.10. The minimum Gasteiger partial charge on any atom is -0.0779 e. The van der Waals surface area contributed by atoms with Gasteiger partial charge in [-0.05, 0) is 0 Å². The van der Waals surface area contributed by atoms with E-state index in [1.165, 1.54) is 0 Å². The highest BCUT2D eigenvalue weighted by Crippen LogP contribution is 2.09. The highest BCUT2D eigenvalue weighted by Gasteiger charge is 1.95. The van der Waals surface area contributed by atoms with Gasteiger partial charge in [0.05, 0.1) is 7.85 Å². The summed E-state index contributed by atoms with van der Waals surface area (Å²) in [6.45, 7) is 6.25. The Morgan fingerprint density at radius 3 is 1.12 bits per heavy atom. The van der Waals surface area contributed by atoms with Crippen LogP contribution in [0.15, 0.2) is 0 Å². The molecule has 0 heterocycles. The lowest BCUT2D eigenvalue weighted by Crippen LogP contribution is -1.93. The summed E-state index contributed by atoms with van der Waals surface area (Å²) in [4.78, 5) is 0. The van der Waals surface area contributed by atoms with E-state index in [-0.39, 0.29) is 14.9 Å². The van der Waals surface area contributed by atoms with Crippen molar-refractivity contribution >= 4 is 7.85 Å². The van der Waals surface area contributed by atoms with Gasteiger partial charge in [0.25, 0.3) is 0 Å². The lowest BCUT2D eigenvalue weighted by atomic mass is 9.80. The normalized spacial score (nSPS) is 11.5. The minimum absolute atomic E-state index is 0. The Bertz CT molecular complexity index is 25.4. The second kappa shape index (κ2) is 7.06. The van der Waals surface area contributed by atoms with Crippen molar-refractivity contribution in [3.63, 3.8) is 0 Å². The third kappa shape index (κ3) is 9.42. The Labute approximate surface area is 56.1 Å². The fraction of sp³-hybridized carbons (Fsp3) is 1.00. The molecule has 50 valence electrons. The van der Waals surface area contributed by atoms with Crippen LogP contribution in [0.3, 0.4) is 0 Å². The van der Waals surface area contributed by atoms with Crippen LogP contribution in [0.1, 0.15) is 35.6 Å². The SMILES string of the molecule is C.C.[B]C(C)C(C)C. The molecule has 1 atom stereocenters. The summed E-state index contributed by atoms with van der Waals surface area (Å²) in [5, 5.41) is 0. The summed E-state index contributed by atoms with van der Waals surface area (Å²) in [5.41, 5.74) is 0. The van der Waals surface area contributed by atoms with Gasteiger partial charge in [-0.2, -0.15) is 0 Å². The average Bonchev–Trinajstić information content (AvgIpc) is 1.36. The van der Waals surface area contributed by atoms with Crippen LogP contribution in [-0.4, -0.2) is 7.85 Å². The van der Waals surface area contributed by atoms with Crippen LogP contribution in [0.25, 0.3) is 0 Å². The third-order valence-electron chi connectivity index (χ3n) is 1.05. The van der Waals surface area contributed by atoms with Crippen molar-refractivity contribution in [2.45, 2.75) is 41.4 Å². The van der Waals surface area contributed by atoms with Gasteiger partial charge in [-0.25, -0.2) is 0 Å². The van der Waals surface area contributed by atoms with E-state index in [1.54, 1.807) is 0 Å². The molecule has 0 aromatic rings. The van der Waals surface area contributed by atoms with Crippen LogP contribution in [0.2, 0.25) is 5.82 Å². The van der Waals surface area contributed by atoms with Gasteiger partial charge < -0.3 is 0 Å². The first-order valence-corrected chi connectivity index (χ1v) is 2.40. The topological polar surface area (TPSA) is 0 Å². The van der Waals surface area contributed by atoms with E-state index in [1.807, 2.05) is 6.92 Å². The zero-order chi connectivity index (χ0) is 5.15. The molecule has 0 aliphatic carbocycles. The smallest absolute Gasteiger partial charge is 0.0699 e. The first-order valence-electron chi connectivity index (χ1n) is 2.40.